The molecule has 0 bridgehead atoms. The van der Waals surface area contributed by atoms with E-state index in [1.165, 1.54) is 360 Å². The van der Waals surface area contributed by atoms with Gasteiger partial charge in [-0.15, -0.1) is 0 Å². The van der Waals surface area contributed by atoms with Gasteiger partial charge in [-0.05, 0) is 52.9 Å². The first kappa shape index (κ1) is 135. The molecule has 17 heteroatoms. The third-order valence-corrected chi connectivity index (χ3v) is 21.6. The Kier molecular flexibility index (Phi) is 142. The molecule has 5 atom stereocenters. The SMILES string of the molecule is CC.CC.CC.CC.CCCCCCCCCCCCCCCCCOCC(O)CNC(C)(C)CO.CCCCCCCCCCCCCCCCCOCC(O)CNC(C)(CC)CO.CCCCCCCCCCCCCCCCCOCC(O)CNCCO.CCCCCCCCCCCCCCCCCOCC(O)CNCCOCCO. The molecular weight excluding hydrogens is 1500 g/mol. The fraction of sp³-hybridized carbons (Fsp3) is 1.00. The maximum atomic E-state index is 9.96. The largest absolute Gasteiger partial charge is 0.395 e. The van der Waals surface area contributed by atoms with Crippen LogP contribution in [0.15, 0.2) is 0 Å². The molecule has 0 aromatic carbocycles. The molecule has 0 radical (unpaired) electrons. The van der Waals surface area contributed by atoms with Crippen LogP contribution in [0.1, 0.15) is 502 Å². The van der Waals surface area contributed by atoms with Crippen molar-refractivity contribution >= 4 is 0 Å². The number of nitrogens with one attached hydrogen (secondary N) is 4. The third kappa shape index (κ3) is 133. The lowest BCUT2D eigenvalue weighted by Crippen LogP contribution is -2.48. The van der Waals surface area contributed by atoms with Crippen LogP contribution in [0.3, 0.4) is 0 Å². The number of aliphatic hydroxyl groups is 8. The number of β-amino-alcohol motifs (C(OH)–C–C–N with tert-alkyl or cyclic N) is 2. The molecule has 0 rings (SSSR count). The van der Waals surface area contributed by atoms with E-state index in [0.29, 0.717) is 78.9 Å². The first-order valence-corrected chi connectivity index (χ1v) is 52.7. The number of rotatable bonds is 92. The van der Waals surface area contributed by atoms with Crippen molar-refractivity contribution in [3.05, 3.63) is 0 Å². The summed E-state index contributed by atoms with van der Waals surface area (Å²) in [5, 5.41) is 87.4. The first-order chi connectivity index (χ1) is 58.7. The third-order valence-electron chi connectivity index (χ3n) is 21.6. The molecule has 0 fully saturated rings. The van der Waals surface area contributed by atoms with Gasteiger partial charge in [-0.1, -0.05) is 450 Å². The summed E-state index contributed by atoms with van der Waals surface area (Å²) in [6, 6.07) is 0. The van der Waals surface area contributed by atoms with Gasteiger partial charge < -0.3 is 85.8 Å². The summed E-state index contributed by atoms with van der Waals surface area (Å²) in [6.45, 7) is 41.7. The van der Waals surface area contributed by atoms with Crippen LogP contribution in [-0.4, -0.2) is 208 Å². The molecule has 0 aliphatic heterocycles. The van der Waals surface area contributed by atoms with Gasteiger partial charge in [-0.25, -0.2) is 0 Å². The molecule has 0 saturated carbocycles. The maximum Gasteiger partial charge on any atom is 0.0897 e. The van der Waals surface area contributed by atoms with Crippen molar-refractivity contribution in [3.63, 3.8) is 0 Å². The lowest BCUT2D eigenvalue weighted by atomic mass is 10.0. The summed E-state index contributed by atoms with van der Waals surface area (Å²) in [4.78, 5) is 0. The van der Waals surface area contributed by atoms with E-state index >= 15 is 0 Å². The highest BCUT2D eigenvalue weighted by Crippen LogP contribution is 2.19. The van der Waals surface area contributed by atoms with Gasteiger partial charge in [0, 0.05) is 76.8 Å². The van der Waals surface area contributed by atoms with Crippen LogP contribution in [-0.2, 0) is 23.7 Å². The zero-order valence-corrected chi connectivity index (χ0v) is 84.2. The van der Waals surface area contributed by atoms with Gasteiger partial charge in [0.25, 0.3) is 0 Å². The quantitative estimate of drug-likeness (QED) is 0.0253. The minimum absolute atomic E-state index is 0.0514. The van der Waals surface area contributed by atoms with E-state index in [2.05, 4.69) is 49.0 Å². The van der Waals surface area contributed by atoms with Gasteiger partial charge in [0.15, 0.2) is 0 Å². The molecule has 0 heterocycles. The minimum Gasteiger partial charge on any atom is -0.395 e. The van der Waals surface area contributed by atoms with Gasteiger partial charge >= 0.3 is 0 Å². The average Bonchev–Trinajstić information content (AvgIpc) is 0.911. The van der Waals surface area contributed by atoms with Crippen molar-refractivity contribution in [2.45, 2.75) is 538 Å². The molecule has 0 spiro atoms. The predicted molar refractivity (Wildman–Crippen MR) is 526 cm³/mol. The lowest BCUT2D eigenvalue weighted by Gasteiger charge is -2.28. The van der Waals surface area contributed by atoms with Crippen molar-refractivity contribution in [2.75, 3.05) is 132 Å². The molecule has 0 amide bonds. The van der Waals surface area contributed by atoms with Crippen LogP contribution in [0.25, 0.3) is 0 Å². The summed E-state index contributed by atoms with van der Waals surface area (Å²) >= 11 is 0. The number of ether oxygens (including phenoxy) is 5. The highest BCUT2D eigenvalue weighted by Gasteiger charge is 2.21. The Labute approximate surface area is 751 Å². The van der Waals surface area contributed by atoms with Crippen LogP contribution in [0.4, 0.5) is 0 Å². The van der Waals surface area contributed by atoms with Gasteiger partial charge in [-0.2, -0.15) is 0 Å². The summed E-state index contributed by atoms with van der Waals surface area (Å²) in [6.07, 6.45) is 81.0. The van der Waals surface area contributed by atoms with Crippen LogP contribution in [0.2, 0.25) is 0 Å². The topological polar surface area (TPSA) is 256 Å². The van der Waals surface area contributed by atoms with Gasteiger partial charge in [0.1, 0.15) is 0 Å². The Hall–Kier alpha value is -0.680. The lowest BCUT2D eigenvalue weighted by molar-refractivity contribution is 0.0285. The van der Waals surface area contributed by atoms with E-state index in [1.807, 2.05) is 83.1 Å². The summed E-state index contributed by atoms with van der Waals surface area (Å²) in [5.74, 6) is 0. The van der Waals surface area contributed by atoms with E-state index in [4.69, 9.17) is 39.0 Å². The molecule has 5 unspecified atom stereocenters. The molecule has 0 aliphatic carbocycles. The fourth-order valence-corrected chi connectivity index (χ4v) is 13.4. The Morgan fingerprint density at radius 3 is 0.633 bits per heavy atom. The Balaban J connectivity index is -0.000000226. The van der Waals surface area contributed by atoms with Crippen molar-refractivity contribution in [1.82, 2.24) is 21.3 Å². The average molecular weight is 1730 g/mol. The second-order valence-corrected chi connectivity index (χ2v) is 34.1. The highest BCUT2D eigenvalue weighted by atomic mass is 16.5. The fourth-order valence-electron chi connectivity index (χ4n) is 13.4. The maximum absolute atomic E-state index is 9.96. The second-order valence-electron chi connectivity index (χ2n) is 34.1. The number of unbranched alkanes of at least 4 members (excludes halogenated alkanes) is 56. The normalized spacial score (nSPS) is 12.6. The molecule has 120 heavy (non-hydrogen) atoms. The summed E-state index contributed by atoms with van der Waals surface area (Å²) in [5.41, 5.74) is -0.662. The van der Waals surface area contributed by atoms with Crippen molar-refractivity contribution in [1.29, 1.82) is 0 Å². The van der Waals surface area contributed by atoms with E-state index in [1.54, 1.807) is 0 Å². The van der Waals surface area contributed by atoms with Gasteiger partial charge in [-0.3, -0.25) is 0 Å². The molecule has 17 nitrogen and oxygen atoms in total. The Morgan fingerprint density at radius 2 is 0.433 bits per heavy atom. The zero-order chi connectivity index (χ0) is 90.9. The van der Waals surface area contributed by atoms with E-state index in [9.17, 15) is 25.5 Å². The van der Waals surface area contributed by atoms with Crippen LogP contribution < -0.4 is 21.3 Å². The van der Waals surface area contributed by atoms with E-state index < -0.39 is 24.4 Å². The number of hydrogen-bond donors (Lipinski definition) is 12. The Bertz CT molecular complexity index is 1630. The predicted octanol–water partition coefficient (Wildman–Crippen LogP) is 25.3. The zero-order valence-electron chi connectivity index (χ0n) is 84.2. The van der Waals surface area contributed by atoms with Gasteiger partial charge in [0.05, 0.1) is 90.5 Å². The molecule has 0 aromatic rings. The second kappa shape index (κ2) is 127. The summed E-state index contributed by atoms with van der Waals surface area (Å²) < 4.78 is 27.3. The monoisotopic (exact) mass is 1730 g/mol. The van der Waals surface area contributed by atoms with Crippen molar-refractivity contribution < 1.29 is 64.5 Å². The molecule has 736 valence electrons. The first-order valence-electron chi connectivity index (χ1n) is 52.7. The number of aliphatic hydroxyl groups excluding tert-OH is 8. The summed E-state index contributed by atoms with van der Waals surface area (Å²) in [7, 11) is 0. The smallest absolute Gasteiger partial charge is 0.0897 e. The van der Waals surface area contributed by atoms with Crippen molar-refractivity contribution in [3.8, 4) is 0 Å². The highest BCUT2D eigenvalue weighted by molar-refractivity contribution is 4.82. The van der Waals surface area contributed by atoms with Crippen LogP contribution >= 0.6 is 0 Å². The molecular formula is C103H226N4O13. The standard InChI is InChI=1S/C25H53NO3.C24H51NO4.C24H51NO3.C22H47NO3.4C2H6/c1-4-6-7-8-9-10-11-12-13-14-15-16-17-18-19-20-29-22-24(28)21-26-25(3,5-2)23-27;1-2-3-4-5-6-7-8-9-10-11-12-13-14-15-16-19-29-23-24(27)22-25-17-20-28-21-18-26;1-4-5-6-7-8-9-10-11-12-13-14-15-16-17-18-19-28-21-23(27)20-25-24(2,3)22-26;1-2-3-4-5-6-7-8-9-10-11-12-13-14-15-16-19-26-21-22(25)20-23-17-18-24;4*1-2/h24,26-28H,4-23H2,1-3H3;24-27H,2-23H2,1H3;23,25-27H,4-22H2,1-3H3;22-25H,2-21H2,1H3;4*1-2H3. The Morgan fingerprint density at radius 1 is 0.225 bits per heavy atom. The van der Waals surface area contributed by atoms with Crippen LogP contribution in [0, 0.1) is 0 Å². The van der Waals surface area contributed by atoms with E-state index in [-0.39, 0.29) is 37.5 Å². The minimum atomic E-state index is -0.512. The molecule has 0 aliphatic rings. The molecule has 12 N–H and O–H groups in total. The van der Waals surface area contributed by atoms with E-state index in [0.717, 1.165) is 58.5 Å². The van der Waals surface area contributed by atoms with Gasteiger partial charge in [0.2, 0.25) is 0 Å². The molecule has 0 saturated heterocycles. The number of hydrogen-bond acceptors (Lipinski definition) is 17. The molecule has 0 aromatic heterocycles. The van der Waals surface area contributed by atoms with Crippen molar-refractivity contribution in [2.24, 2.45) is 0 Å². The van der Waals surface area contributed by atoms with Crippen LogP contribution in [0.5, 0.6) is 0 Å².